The summed E-state index contributed by atoms with van der Waals surface area (Å²) in [6.45, 7) is 8.71. The monoisotopic (exact) mass is 1690 g/mol. The lowest BCUT2D eigenvalue weighted by Gasteiger charge is -2.14. The summed E-state index contributed by atoms with van der Waals surface area (Å²) in [6.07, 6.45) is 0. The van der Waals surface area contributed by atoms with E-state index in [9.17, 15) is 0 Å². The molecular formula is C114H93O2S6+3. The minimum absolute atomic E-state index is 0.174. The van der Waals surface area contributed by atoms with Gasteiger partial charge in [-0.05, 0) is 306 Å². The summed E-state index contributed by atoms with van der Waals surface area (Å²) in [5.41, 5.74) is 20.2. The van der Waals surface area contributed by atoms with E-state index in [2.05, 4.69) is 458 Å². The van der Waals surface area contributed by atoms with Crippen molar-refractivity contribution in [2.45, 2.75) is 101 Å². The maximum atomic E-state index is 5.96. The van der Waals surface area contributed by atoms with Gasteiger partial charge in [-0.25, -0.2) is 0 Å². The zero-order valence-corrected chi connectivity index (χ0v) is 74.0. The van der Waals surface area contributed by atoms with Gasteiger partial charge < -0.3 is 9.47 Å². The predicted octanol–water partition coefficient (Wildman–Crippen LogP) is 32.1. The summed E-state index contributed by atoms with van der Waals surface area (Å²) in [5.74, 6) is 1.74. The fourth-order valence-electron chi connectivity index (χ4n) is 14.9. The molecule has 18 rings (SSSR count). The standard InChI is InChI=1S/C38H31O2S2.2C38H31S2/c1-39-35-15-9-10-16-38(35)42(33-23-19-31(20-24-33)29-13-7-4-8-14-29)34-25-26-37(36(27-34)40-2)41-32-21-17-30(18-22-32)28-11-5-3-6-12-28;1-28-26-33(20-24-37(28)30-12-6-3-7-13-30)39-32-18-21-35(22-19-32)40(34-16-10-5-11-17-34)36-23-25-38(29(2)27-36)31-14-8-4-9-15-31;1-28-8-6-10-32(26-28)30-14-18-34(19-15-30)39-35-20-24-38(25-21-35)40(36-12-4-3-5-13-36)37-22-16-31(17-23-37)33-11-7-9-29(2)27-33/h3-27H,1-2H3;2*3-27H,1-2H3/q3*+1. The van der Waals surface area contributed by atoms with Crippen LogP contribution >= 0.6 is 35.3 Å². The van der Waals surface area contributed by atoms with Crippen molar-refractivity contribution in [2.24, 2.45) is 0 Å². The normalized spacial score (nSPS) is 11.7. The highest BCUT2D eigenvalue weighted by Gasteiger charge is 2.35. The molecule has 8 heteroatoms. The average Bonchev–Trinajstić information content (AvgIpc) is 0.804. The molecule has 0 heterocycles. The van der Waals surface area contributed by atoms with E-state index < -0.39 is 10.9 Å². The SMILES string of the molecule is COc1cc([S+](c2ccc(-c3ccccc3)cc2)c2ccccc2OC)ccc1Sc1ccc(-c2ccccc2)cc1.Cc1cc(Sc2ccc([S+](c3ccccc3)c3ccc(-c4ccccc4)c(C)c3)cc2)ccc1-c1ccccc1.Cc1cccc(-c2ccc(Sc3ccc([S+](c4ccccc4)c4ccc(-c5cccc(C)c5)cc4)cc3)cc2)c1. The van der Waals surface area contributed by atoms with Gasteiger partial charge in [-0.1, -0.05) is 295 Å². The Hall–Kier alpha value is -12.3. The largest absolute Gasteiger partial charge is 0.495 e. The summed E-state index contributed by atoms with van der Waals surface area (Å²) >= 11 is 5.35. The number of para-hydroxylation sites is 1. The van der Waals surface area contributed by atoms with Gasteiger partial charge in [0.15, 0.2) is 44.9 Å². The van der Waals surface area contributed by atoms with Crippen LogP contribution in [-0.4, -0.2) is 14.2 Å². The van der Waals surface area contributed by atoms with E-state index in [-0.39, 0.29) is 21.8 Å². The highest BCUT2D eigenvalue weighted by atomic mass is 32.2. The highest BCUT2D eigenvalue weighted by molar-refractivity contribution is 8.00. The molecule has 594 valence electrons. The Morgan fingerprint density at radius 1 is 0.189 bits per heavy atom. The van der Waals surface area contributed by atoms with Crippen LogP contribution in [0.15, 0.2) is 528 Å². The highest BCUT2D eigenvalue weighted by Crippen LogP contribution is 2.45. The molecule has 0 spiro atoms. The molecule has 2 nitrogen and oxygen atoms in total. The summed E-state index contributed by atoms with van der Waals surface area (Å²) < 4.78 is 11.8. The molecule has 0 aliphatic heterocycles. The molecule has 3 atom stereocenters. The average molecular weight is 1690 g/mol. The molecule has 0 aliphatic rings. The molecule has 0 saturated carbocycles. The van der Waals surface area contributed by atoms with Gasteiger partial charge in [0, 0.05) is 30.5 Å². The maximum Gasteiger partial charge on any atom is 0.208 e. The van der Waals surface area contributed by atoms with E-state index >= 15 is 0 Å². The fraction of sp³-hybridized carbons (Fsp3) is 0.0526. The first-order valence-electron chi connectivity index (χ1n) is 40.9. The number of hydrogen-bond acceptors (Lipinski definition) is 5. The van der Waals surface area contributed by atoms with Gasteiger partial charge in [0.1, 0.15) is 16.6 Å². The van der Waals surface area contributed by atoms with Gasteiger partial charge in [-0.15, -0.1) is 0 Å². The van der Waals surface area contributed by atoms with Gasteiger partial charge in [0.25, 0.3) is 0 Å². The molecule has 3 unspecified atom stereocenters. The molecule has 18 aromatic rings. The van der Waals surface area contributed by atoms with E-state index in [1.807, 2.05) is 47.8 Å². The van der Waals surface area contributed by atoms with Crippen LogP contribution in [0.25, 0.3) is 66.8 Å². The van der Waals surface area contributed by atoms with Crippen molar-refractivity contribution in [2.75, 3.05) is 14.2 Å². The van der Waals surface area contributed by atoms with Crippen molar-refractivity contribution >= 4 is 68.0 Å². The second-order valence-electron chi connectivity index (χ2n) is 29.5. The van der Waals surface area contributed by atoms with Crippen molar-refractivity contribution in [3.63, 3.8) is 0 Å². The van der Waals surface area contributed by atoms with E-state index in [1.54, 1.807) is 26.0 Å². The smallest absolute Gasteiger partial charge is 0.208 e. The second-order valence-corrected chi connectivity index (χ2v) is 39.0. The first-order valence-corrected chi connectivity index (χ1v) is 47.0. The van der Waals surface area contributed by atoms with Gasteiger partial charge >= 0.3 is 0 Å². The van der Waals surface area contributed by atoms with E-state index in [4.69, 9.17) is 9.47 Å². The molecule has 0 bridgehead atoms. The second kappa shape index (κ2) is 40.8. The van der Waals surface area contributed by atoms with Gasteiger partial charge in [-0.3, -0.25) is 0 Å². The first-order chi connectivity index (χ1) is 60.0. The number of benzene rings is 18. The first kappa shape index (κ1) is 83.3. The molecule has 122 heavy (non-hydrogen) atoms. The van der Waals surface area contributed by atoms with Crippen LogP contribution in [0, 0.1) is 27.7 Å². The lowest BCUT2D eigenvalue weighted by molar-refractivity contribution is 0.403. The van der Waals surface area contributed by atoms with Crippen molar-refractivity contribution in [3.05, 3.63) is 477 Å². The zero-order chi connectivity index (χ0) is 83.4. The molecule has 0 radical (unpaired) electrons. The summed E-state index contributed by atoms with van der Waals surface area (Å²) in [5, 5.41) is 0. The molecule has 0 fully saturated rings. The maximum absolute atomic E-state index is 5.96. The van der Waals surface area contributed by atoms with Crippen LogP contribution in [0.5, 0.6) is 11.5 Å². The molecule has 0 aromatic heterocycles. The van der Waals surface area contributed by atoms with Gasteiger partial charge in [-0.2, -0.15) is 0 Å². The number of rotatable bonds is 23. The van der Waals surface area contributed by atoms with E-state index in [0.717, 1.165) is 21.3 Å². The van der Waals surface area contributed by atoms with Crippen molar-refractivity contribution in [1.82, 2.24) is 0 Å². The topological polar surface area (TPSA) is 18.5 Å². The fourth-order valence-corrected chi connectivity index (χ4v) is 23.9. The van der Waals surface area contributed by atoms with Crippen molar-refractivity contribution in [1.29, 1.82) is 0 Å². The lowest BCUT2D eigenvalue weighted by atomic mass is 10.0. The third kappa shape index (κ3) is 21.0. The van der Waals surface area contributed by atoms with Crippen LogP contribution in [0.3, 0.4) is 0 Å². The van der Waals surface area contributed by atoms with E-state index in [1.165, 1.54) is 153 Å². The van der Waals surface area contributed by atoms with Crippen LogP contribution in [0.4, 0.5) is 0 Å². The number of ether oxygens (including phenoxy) is 2. The quantitative estimate of drug-likeness (QED) is 0.0593. The minimum atomic E-state index is -0.396. The van der Waals surface area contributed by atoms with Crippen LogP contribution in [-0.2, 0) is 32.7 Å². The van der Waals surface area contributed by atoms with Gasteiger partial charge in [0.05, 0.1) is 40.9 Å². The summed E-state index contributed by atoms with van der Waals surface area (Å²) in [4.78, 5) is 18.8. The molecular weight excluding hydrogens is 1590 g/mol. The lowest BCUT2D eigenvalue weighted by Crippen LogP contribution is -2.07. The van der Waals surface area contributed by atoms with E-state index in [0.29, 0.717) is 0 Å². The Labute approximate surface area is 741 Å². The Balaban J connectivity index is 0.000000136. The Morgan fingerprint density at radius 3 is 0.918 bits per heavy atom. The number of methoxy groups -OCH3 is 2. The van der Waals surface area contributed by atoms with Gasteiger partial charge in [0.2, 0.25) is 4.90 Å². The molecule has 0 aliphatic carbocycles. The zero-order valence-electron chi connectivity index (χ0n) is 69.1. The Bertz CT molecular complexity index is 6420. The molecule has 0 amide bonds. The number of hydrogen-bond donors (Lipinski definition) is 0. The number of aryl methyl sites for hydroxylation is 4. The van der Waals surface area contributed by atoms with Crippen LogP contribution in [0.1, 0.15) is 22.3 Å². The van der Waals surface area contributed by atoms with Crippen LogP contribution in [0.2, 0.25) is 0 Å². The Morgan fingerprint density at radius 2 is 0.484 bits per heavy atom. The van der Waals surface area contributed by atoms with Crippen molar-refractivity contribution < 1.29 is 9.47 Å². The summed E-state index contributed by atoms with van der Waals surface area (Å²) in [6, 6.07) is 164. The third-order valence-electron chi connectivity index (χ3n) is 21.0. The molecule has 0 saturated heterocycles. The minimum Gasteiger partial charge on any atom is -0.495 e. The van der Waals surface area contributed by atoms with Crippen LogP contribution < -0.4 is 9.47 Å². The van der Waals surface area contributed by atoms with Crippen molar-refractivity contribution in [3.8, 4) is 78.3 Å². The molecule has 0 N–H and O–H groups in total. The Kier molecular flexibility index (Phi) is 27.9. The predicted molar refractivity (Wildman–Crippen MR) is 521 cm³/mol. The summed E-state index contributed by atoms with van der Waals surface area (Å²) in [7, 11) is 2.73. The third-order valence-corrected chi connectivity index (χ3v) is 30.8. The molecule has 18 aromatic carbocycles.